The van der Waals surface area contributed by atoms with E-state index in [0.29, 0.717) is 43.9 Å². The molecule has 0 unspecified atom stereocenters. The van der Waals surface area contributed by atoms with Gasteiger partial charge < -0.3 is 10.1 Å². The number of anilines is 1. The molecule has 0 saturated carbocycles. The van der Waals surface area contributed by atoms with Crippen molar-refractivity contribution in [2.75, 3.05) is 37.6 Å². The van der Waals surface area contributed by atoms with Crippen molar-refractivity contribution >= 4 is 21.8 Å². The minimum atomic E-state index is -3.73. The molecular weight excluding hydrogens is 414 g/mol. The fraction of sp³-hybridized carbons (Fsp3) is 0.435. The van der Waals surface area contributed by atoms with Crippen LogP contribution in [0.25, 0.3) is 0 Å². The Hall–Kier alpha value is -2.58. The first-order valence-electron chi connectivity index (χ1n) is 10.7. The van der Waals surface area contributed by atoms with Crippen LogP contribution in [0.5, 0.6) is 5.75 Å². The van der Waals surface area contributed by atoms with Crippen molar-refractivity contribution in [3.63, 3.8) is 0 Å². The summed E-state index contributed by atoms with van der Waals surface area (Å²) in [4.78, 5) is 12.7. The second kappa shape index (κ2) is 10.6. The zero-order chi connectivity index (χ0) is 22.3. The van der Waals surface area contributed by atoms with Crippen molar-refractivity contribution in [1.82, 2.24) is 9.62 Å². The Kier molecular flexibility index (Phi) is 7.92. The number of carbonyl (C=O) groups is 1. The second-order valence-corrected chi connectivity index (χ2v) is 9.45. The standard InChI is InChI=1S/C23H31N3O4S/c1-3-26(21-11-13-22(30-2)14-12-21)31(28,29)25-17-7-10-20(18-25)23(27)24-16-15-19-8-5-4-6-9-19/h4-6,8-9,11-14,20H,3,7,10,15-18H2,1-2H3,(H,24,27)/t20-/m0/s1. The summed E-state index contributed by atoms with van der Waals surface area (Å²) in [5, 5.41) is 2.97. The highest BCUT2D eigenvalue weighted by Crippen LogP contribution is 2.26. The zero-order valence-electron chi connectivity index (χ0n) is 18.2. The smallest absolute Gasteiger partial charge is 0.304 e. The van der Waals surface area contributed by atoms with E-state index in [1.807, 2.05) is 30.3 Å². The summed E-state index contributed by atoms with van der Waals surface area (Å²) < 4.78 is 34.6. The van der Waals surface area contributed by atoms with Gasteiger partial charge in [-0.1, -0.05) is 30.3 Å². The lowest BCUT2D eigenvalue weighted by Gasteiger charge is -2.35. The van der Waals surface area contributed by atoms with Gasteiger partial charge in [0, 0.05) is 26.2 Å². The van der Waals surface area contributed by atoms with Crippen LogP contribution in [-0.4, -0.2) is 51.9 Å². The third-order valence-corrected chi connectivity index (χ3v) is 7.57. The Balaban J connectivity index is 1.62. The summed E-state index contributed by atoms with van der Waals surface area (Å²) >= 11 is 0. The molecule has 1 N–H and O–H groups in total. The lowest BCUT2D eigenvalue weighted by molar-refractivity contribution is -0.126. The van der Waals surface area contributed by atoms with Crippen LogP contribution in [0.4, 0.5) is 5.69 Å². The topological polar surface area (TPSA) is 79.0 Å². The molecule has 1 aliphatic rings. The van der Waals surface area contributed by atoms with Crippen molar-refractivity contribution in [2.45, 2.75) is 26.2 Å². The summed E-state index contributed by atoms with van der Waals surface area (Å²) in [6.07, 6.45) is 2.11. The molecule has 8 heteroatoms. The molecule has 1 saturated heterocycles. The van der Waals surface area contributed by atoms with Gasteiger partial charge in [0.25, 0.3) is 0 Å². The summed E-state index contributed by atoms with van der Waals surface area (Å²) in [5.41, 5.74) is 1.74. The summed E-state index contributed by atoms with van der Waals surface area (Å²) in [5.74, 6) is 0.250. The number of ether oxygens (including phenoxy) is 1. The first-order valence-corrected chi connectivity index (χ1v) is 12.1. The van der Waals surface area contributed by atoms with Gasteiger partial charge in [-0.25, -0.2) is 0 Å². The zero-order valence-corrected chi connectivity index (χ0v) is 19.0. The normalized spacial score (nSPS) is 17.2. The molecule has 2 aromatic rings. The summed E-state index contributed by atoms with van der Waals surface area (Å²) in [6.45, 7) is 3.27. The molecule has 1 aliphatic heterocycles. The maximum atomic E-state index is 13.3. The number of hydrogen-bond acceptors (Lipinski definition) is 4. The van der Waals surface area contributed by atoms with Gasteiger partial charge in [0.2, 0.25) is 5.91 Å². The Morgan fingerprint density at radius 2 is 1.87 bits per heavy atom. The number of amides is 1. The molecule has 0 spiro atoms. The largest absolute Gasteiger partial charge is 0.497 e. The summed E-state index contributed by atoms with van der Waals surface area (Å²) in [6, 6.07) is 16.9. The average molecular weight is 446 g/mol. The van der Waals surface area contributed by atoms with Crippen LogP contribution in [0.1, 0.15) is 25.3 Å². The van der Waals surface area contributed by atoms with E-state index in [4.69, 9.17) is 4.74 Å². The van der Waals surface area contributed by atoms with Crippen molar-refractivity contribution in [1.29, 1.82) is 0 Å². The Labute approximate surface area is 185 Å². The second-order valence-electron chi connectivity index (χ2n) is 7.59. The SMILES string of the molecule is CCN(c1ccc(OC)cc1)S(=O)(=O)N1CCC[C@H](C(=O)NCCc2ccccc2)C1. The van der Waals surface area contributed by atoms with E-state index in [0.717, 1.165) is 12.0 Å². The van der Waals surface area contributed by atoms with Gasteiger partial charge in [-0.15, -0.1) is 0 Å². The van der Waals surface area contributed by atoms with E-state index < -0.39 is 10.2 Å². The molecule has 1 amide bonds. The van der Waals surface area contributed by atoms with Crippen LogP contribution in [0.2, 0.25) is 0 Å². The Morgan fingerprint density at radius 1 is 1.16 bits per heavy atom. The fourth-order valence-corrected chi connectivity index (χ4v) is 5.57. The number of carbonyl (C=O) groups excluding carboxylic acids is 1. The Morgan fingerprint density at radius 3 is 2.52 bits per heavy atom. The number of nitrogens with zero attached hydrogens (tertiary/aromatic N) is 2. The monoisotopic (exact) mass is 445 g/mol. The molecule has 2 aromatic carbocycles. The van der Waals surface area contributed by atoms with Crippen LogP contribution < -0.4 is 14.4 Å². The van der Waals surface area contributed by atoms with Crippen LogP contribution >= 0.6 is 0 Å². The highest BCUT2D eigenvalue weighted by atomic mass is 32.2. The number of rotatable bonds is 9. The maximum Gasteiger partial charge on any atom is 0.304 e. The van der Waals surface area contributed by atoms with Crippen LogP contribution in [0, 0.1) is 5.92 Å². The number of nitrogens with one attached hydrogen (secondary N) is 1. The van der Waals surface area contributed by atoms with Crippen LogP contribution in [0.3, 0.4) is 0 Å². The van der Waals surface area contributed by atoms with Crippen molar-refractivity contribution in [3.8, 4) is 5.75 Å². The van der Waals surface area contributed by atoms with Crippen molar-refractivity contribution in [2.24, 2.45) is 5.92 Å². The third kappa shape index (κ3) is 5.77. The number of piperidine rings is 1. The van der Waals surface area contributed by atoms with E-state index in [1.165, 1.54) is 8.61 Å². The predicted molar refractivity (Wildman–Crippen MR) is 122 cm³/mol. The fourth-order valence-electron chi connectivity index (χ4n) is 3.85. The first kappa shape index (κ1) is 23.1. The molecule has 0 radical (unpaired) electrons. The molecule has 0 bridgehead atoms. The van der Waals surface area contributed by atoms with Crippen LogP contribution in [0.15, 0.2) is 54.6 Å². The van der Waals surface area contributed by atoms with Gasteiger partial charge in [0.05, 0.1) is 18.7 Å². The quantitative estimate of drug-likeness (QED) is 0.644. The number of hydrogen-bond donors (Lipinski definition) is 1. The van der Waals surface area contributed by atoms with E-state index in [-0.39, 0.29) is 18.4 Å². The van der Waals surface area contributed by atoms with Gasteiger partial charge in [0.15, 0.2) is 0 Å². The van der Waals surface area contributed by atoms with Gasteiger partial charge in [-0.2, -0.15) is 12.7 Å². The van der Waals surface area contributed by atoms with Gasteiger partial charge in [0.1, 0.15) is 5.75 Å². The summed E-state index contributed by atoms with van der Waals surface area (Å²) in [7, 11) is -2.16. The average Bonchev–Trinajstić information content (AvgIpc) is 2.80. The van der Waals surface area contributed by atoms with Crippen LogP contribution in [-0.2, 0) is 21.4 Å². The predicted octanol–water partition coefficient (Wildman–Crippen LogP) is 2.84. The van der Waals surface area contributed by atoms with E-state index in [1.54, 1.807) is 38.3 Å². The molecule has 1 atom stereocenters. The van der Waals surface area contributed by atoms with Gasteiger partial charge in [-0.05, 0) is 56.0 Å². The molecule has 3 rings (SSSR count). The Bertz CT molecular complexity index is 949. The van der Waals surface area contributed by atoms with Gasteiger partial charge in [-0.3, -0.25) is 9.10 Å². The molecular formula is C23H31N3O4S. The molecule has 1 heterocycles. The molecule has 7 nitrogen and oxygen atoms in total. The van der Waals surface area contributed by atoms with E-state index in [9.17, 15) is 13.2 Å². The minimum absolute atomic E-state index is 0.0803. The lowest BCUT2D eigenvalue weighted by Crippen LogP contribution is -2.50. The highest BCUT2D eigenvalue weighted by molar-refractivity contribution is 7.90. The van der Waals surface area contributed by atoms with Gasteiger partial charge >= 0.3 is 10.2 Å². The molecule has 168 valence electrons. The van der Waals surface area contributed by atoms with Crippen molar-refractivity contribution in [3.05, 3.63) is 60.2 Å². The number of benzene rings is 2. The first-order chi connectivity index (χ1) is 15.0. The minimum Gasteiger partial charge on any atom is -0.497 e. The van der Waals surface area contributed by atoms with E-state index >= 15 is 0 Å². The molecule has 31 heavy (non-hydrogen) atoms. The highest BCUT2D eigenvalue weighted by Gasteiger charge is 2.35. The molecule has 0 aliphatic carbocycles. The third-order valence-electron chi connectivity index (χ3n) is 5.56. The van der Waals surface area contributed by atoms with E-state index in [2.05, 4.69) is 5.32 Å². The lowest BCUT2D eigenvalue weighted by atomic mass is 9.99. The molecule has 1 fully saturated rings. The molecule has 0 aromatic heterocycles. The maximum absolute atomic E-state index is 13.3. The van der Waals surface area contributed by atoms with Crippen molar-refractivity contribution < 1.29 is 17.9 Å². The number of methoxy groups -OCH3 is 1.